The van der Waals surface area contributed by atoms with Crippen LogP contribution in [-0.2, 0) is 20.5 Å². The summed E-state index contributed by atoms with van der Waals surface area (Å²) in [5, 5.41) is 0. The first-order chi connectivity index (χ1) is 5.06. The van der Waals surface area contributed by atoms with Crippen LogP contribution in [0.1, 0.15) is 2.85 Å². The molecule has 0 rings (SSSR count). The second kappa shape index (κ2) is 7.87. The smallest absolute Gasteiger partial charge is 1.00 e. The van der Waals surface area contributed by atoms with Gasteiger partial charge in [0, 0.05) is 6.54 Å². The van der Waals surface area contributed by atoms with Crippen molar-refractivity contribution < 1.29 is 33.3 Å². The number of rotatable bonds is 2. The van der Waals surface area contributed by atoms with Gasteiger partial charge in [-0.1, -0.05) is 0 Å². The van der Waals surface area contributed by atoms with E-state index in [1.807, 2.05) is 0 Å². The Balaban J connectivity index is -0.0000000383. The van der Waals surface area contributed by atoms with Crippen molar-refractivity contribution in [1.82, 2.24) is 0 Å². The maximum Gasteiger partial charge on any atom is 2.00 e. The minimum absolute atomic E-state index is 0. The van der Waals surface area contributed by atoms with E-state index in [-0.39, 0.29) is 38.2 Å². The van der Waals surface area contributed by atoms with Crippen LogP contribution >= 0.6 is 0 Å². The van der Waals surface area contributed by atoms with Gasteiger partial charge >= 0.3 is 33.5 Å². The van der Waals surface area contributed by atoms with Gasteiger partial charge in [-0.2, -0.15) is 16.8 Å². The van der Waals surface area contributed by atoms with E-state index >= 15 is 0 Å². The molecule has 80 valence electrons. The monoisotopic (exact) mass is 249 g/mol. The van der Waals surface area contributed by atoms with Gasteiger partial charge in [-0.15, -0.1) is 0 Å². The summed E-state index contributed by atoms with van der Waals surface area (Å²) in [6, 6.07) is 0. The van der Waals surface area contributed by atoms with Gasteiger partial charge in [0.2, 0.25) is 0 Å². The standard InChI is InChI=1S/C2H7NO3S.Mg.H2O4S.2H/c3-1-2-7(4,5)6;;1-5(2,3)4;;/h1-3H2,(H,4,5,6);;(H2,1,2,3,4);;/q;+2;;2*-1. The molecular weight excluding hydrogens is 238 g/mol. The van der Waals surface area contributed by atoms with Gasteiger partial charge in [0.25, 0.3) is 10.1 Å². The molecule has 5 N–H and O–H groups in total. The van der Waals surface area contributed by atoms with Crippen molar-refractivity contribution in [2.75, 3.05) is 12.3 Å². The molecule has 0 aliphatic heterocycles. The first-order valence-corrected chi connectivity index (χ1v) is 5.42. The largest absolute Gasteiger partial charge is 2.00 e. The molecule has 0 amide bonds. The Kier molecular flexibility index (Phi) is 11.6. The van der Waals surface area contributed by atoms with Crippen molar-refractivity contribution in [2.24, 2.45) is 5.73 Å². The second-order valence-electron chi connectivity index (χ2n) is 1.52. The summed E-state index contributed by atoms with van der Waals surface area (Å²) >= 11 is 0. The first kappa shape index (κ1) is 19.1. The minimum Gasteiger partial charge on any atom is -1.00 e. The van der Waals surface area contributed by atoms with Crippen LogP contribution in [0.4, 0.5) is 0 Å². The molecule has 0 aromatic heterocycles. The summed E-state index contributed by atoms with van der Waals surface area (Å²) in [5.74, 6) is -0.354. The zero-order chi connectivity index (χ0) is 10.4. The van der Waals surface area contributed by atoms with Crippen molar-refractivity contribution >= 4 is 43.6 Å². The van der Waals surface area contributed by atoms with E-state index in [2.05, 4.69) is 0 Å². The molecule has 0 unspecified atom stereocenters. The predicted octanol–water partition coefficient (Wildman–Crippen LogP) is -1.98. The van der Waals surface area contributed by atoms with Crippen LogP contribution < -0.4 is 5.73 Å². The van der Waals surface area contributed by atoms with Crippen molar-refractivity contribution in [3.05, 3.63) is 0 Å². The zero-order valence-corrected chi connectivity index (χ0v) is 9.54. The molecular formula is C2H11MgNO7S2. The SMILES string of the molecule is NCCS(=O)(=O)O.O=S(=O)(O)O.[H-].[H-].[Mg+2]. The van der Waals surface area contributed by atoms with Gasteiger partial charge in [0.05, 0.1) is 5.75 Å². The normalized spacial score (nSPS) is 10.8. The Bertz CT molecular complexity index is 293. The molecule has 0 spiro atoms. The summed E-state index contributed by atoms with van der Waals surface area (Å²) in [6.07, 6.45) is 0. The minimum atomic E-state index is -4.67. The quantitative estimate of drug-likeness (QED) is 0.324. The van der Waals surface area contributed by atoms with E-state index in [9.17, 15) is 8.42 Å². The fourth-order valence-corrected chi connectivity index (χ4v) is 0.447. The van der Waals surface area contributed by atoms with Crippen LogP contribution in [0.15, 0.2) is 0 Å². The molecule has 0 aromatic rings. The van der Waals surface area contributed by atoms with Gasteiger partial charge in [0.1, 0.15) is 0 Å². The van der Waals surface area contributed by atoms with Crippen molar-refractivity contribution in [1.29, 1.82) is 0 Å². The molecule has 0 atom stereocenters. The Morgan fingerprint density at radius 2 is 1.31 bits per heavy atom. The van der Waals surface area contributed by atoms with E-state index in [1.165, 1.54) is 0 Å². The third kappa shape index (κ3) is 68.0. The van der Waals surface area contributed by atoms with Crippen molar-refractivity contribution in [3.8, 4) is 0 Å². The maximum atomic E-state index is 9.71. The summed E-state index contributed by atoms with van der Waals surface area (Å²) in [7, 11) is -8.47. The average Bonchev–Trinajstić information content (AvgIpc) is 1.54. The van der Waals surface area contributed by atoms with Crippen LogP contribution in [0.2, 0.25) is 0 Å². The number of nitrogens with two attached hydrogens (primary N) is 1. The summed E-state index contributed by atoms with van der Waals surface area (Å²) in [4.78, 5) is 0. The Hall–Kier alpha value is 0.506. The van der Waals surface area contributed by atoms with E-state index < -0.39 is 20.5 Å². The van der Waals surface area contributed by atoms with Gasteiger partial charge in [-0.25, -0.2) is 0 Å². The van der Waals surface area contributed by atoms with Gasteiger partial charge in [-0.05, 0) is 0 Å². The number of hydrogen-bond donors (Lipinski definition) is 4. The molecule has 0 saturated carbocycles. The molecule has 13 heavy (non-hydrogen) atoms. The second-order valence-corrected chi connectivity index (χ2v) is 3.99. The van der Waals surface area contributed by atoms with E-state index in [0.29, 0.717) is 0 Å². The van der Waals surface area contributed by atoms with Gasteiger partial charge < -0.3 is 8.59 Å². The summed E-state index contributed by atoms with van der Waals surface area (Å²) in [5.41, 5.74) is 4.78. The third-order valence-corrected chi connectivity index (χ3v) is 1.13. The van der Waals surface area contributed by atoms with Gasteiger partial charge in [-0.3, -0.25) is 13.7 Å². The fourth-order valence-electron chi connectivity index (χ4n) is 0.149. The van der Waals surface area contributed by atoms with Crippen LogP contribution in [0.25, 0.3) is 0 Å². The maximum absolute atomic E-state index is 9.71. The van der Waals surface area contributed by atoms with E-state index in [4.69, 9.17) is 27.8 Å². The summed E-state index contributed by atoms with van der Waals surface area (Å²) < 4.78 is 58.9. The number of hydrogen-bond acceptors (Lipinski definition) is 5. The van der Waals surface area contributed by atoms with Crippen LogP contribution in [-0.4, -0.2) is 65.8 Å². The predicted molar refractivity (Wildman–Crippen MR) is 47.6 cm³/mol. The molecule has 0 heterocycles. The van der Waals surface area contributed by atoms with Crippen molar-refractivity contribution in [3.63, 3.8) is 0 Å². The molecule has 0 saturated heterocycles. The molecule has 11 heteroatoms. The third-order valence-electron chi connectivity index (χ3n) is 0.376. The molecule has 8 nitrogen and oxygen atoms in total. The molecule has 0 aliphatic carbocycles. The Morgan fingerprint density at radius 3 is 1.31 bits per heavy atom. The van der Waals surface area contributed by atoms with E-state index in [0.717, 1.165) is 0 Å². The molecule has 0 aromatic carbocycles. The first-order valence-electron chi connectivity index (χ1n) is 2.41. The Morgan fingerprint density at radius 1 is 1.08 bits per heavy atom. The zero-order valence-electron chi connectivity index (χ0n) is 8.49. The van der Waals surface area contributed by atoms with Crippen LogP contribution in [0.5, 0.6) is 0 Å². The Labute approximate surface area is 94.9 Å². The topological polar surface area (TPSA) is 155 Å². The fraction of sp³-hybridized carbons (Fsp3) is 1.00. The van der Waals surface area contributed by atoms with E-state index in [1.54, 1.807) is 0 Å². The van der Waals surface area contributed by atoms with Gasteiger partial charge in [0.15, 0.2) is 0 Å². The molecule has 0 fully saturated rings. The van der Waals surface area contributed by atoms with Crippen molar-refractivity contribution in [2.45, 2.75) is 0 Å². The summed E-state index contributed by atoms with van der Waals surface area (Å²) in [6.45, 7) is -0.0289. The molecule has 0 bridgehead atoms. The van der Waals surface area contributed by atoms with Crippen LogP contribution in [0, 0.1) is 0 Å². The van der Waals surface area contributed by atoms with Crippen LogP contribution in [0.3, 0.4) is 0 Å². The molecule has 0 radical (unpaired) electrons. The molecule has 0 aliphatic rings. The average molecular weight is 250 g/mol.